The van der Waals surface area contributed by atoms with Gasteiger partial charge in [0.15, 0.2) is 0 Å². The van der Waals surface area contributed by atoms with Crippen molar-refractivity contribution >= 4 is 11.9 Å². The molecule has 1 fully saturated rings. The van der Waals surface area contributed by atoms with E-state index in [1.165, 1.54) is 0 Å². The molecule has 92 valence electrons. The number of piperidine rings is 1. The molecule has 5 heteroatoms. The van der Waals surface area contributed by atoms with Gasteiger partial charge in [-0.05, 0) is 26.7 Å². The average Bonchev–Trinajstić information content (AvgIpc) is 2.21. The predicted octanol–water partition coefficient (Wildman–Crippen LogP) is 0.196. The van der Waals surface area contributed by atoms with Gasteiger partial charge in [-0.3, -0.25) is 9.59 Å². The highest BCUT2D eigenvalue weighted by atomic mass is 16.5. The Morgan fingerprint density at radius 1 is 1.69 bits per heavy atom. The standard InChI is InChI=1S/C11H20N2O3/c1-3-16-10(14)7-8(2)13-9-5-4-6-12-11(9)15/h8-9,13H,3-7H2,1-2H3,(H,12,15). The molecule has 16 heavy (non-hydrogen) atoms. The molecule has 0 spiro atoms. The summed E-state index contributed by atoms with van der Waals surface area (Å²) < 4.78 is 4.85. The van der Waals surface area contributed by atoms with Crippen LogP contribution in [0.2, 0.25) is 0 Å². The minimum atomic E-state index is -0.223. The molecule has 0 aromatic rings. The maximum atomic E-state index is 11.5. The zero-order valence-corrected chi connectivity index (χ0v) is 9.91. The Morgan fingerprint density at radius 2 is 2.44 bits per heavy atom. The van der Waals surface area contributed by atoms with Crippen molar-refractivity contribution in [1.82, 2.24) is 10.6 Å². The van der Waals surface area contributed by atoms with Crippen molar-refractivity contribution in [2.75, 3.05) is 13.2 Å². The van der Waals surface area contributed by atoms with Crippen LogP contribution in [0.15, 0.2) is 0 Å². The highest BCUT2D eigenvalue weighted by Crippen LogP contribution is 2.05. The van der Waals surface area contributed by atoms with Crippen LogP contribution in [0, 0.1) is 0 Å². The molecule has 1 saturated heterocycles. The molecule has 1 amide bonds. The minimum absolute atomic E-state index is 0.0296. The highest BCUT2D eigenvalue weighted by molar-refractivity contribution is 5.82. The molecule has 0 aromatic heterocycles. The van der Waals surface area contributed by atoms with Gasteiger partial charge in [0, 0.05) is 12.6 Å². The van der Waals surface area contributed by atoms with Crippen LogP contribution < -0.4 is 10.6 Å². The molecule has 1 aliphatic rings. The van der Waals surface area contributed by atoms with Gasteiger partial charge >= 0.3 is 5.97 Å². The van der Waals surface area contributed by atoms with Crippen molar-refractivity contribution in [3.8, 4) is 0 Å². The molecule has 2 atom stereocenters. The number of hydrogen-bond donors (Lipinski definition) is 2. The first-order chi connectivity index (χ1) is 7.63. The van der Waals surface area contributed by atoms with Crippen LogP contribution in [-0.4, -0.2) is 37.1 Å². The van der Waals surface area contributed by atoms with Gasteiger partial charge < -0.3 is 15.4 Å². The monoisotopic (exact) mass is 228 g/mol. The van der Waals surface area contributed by atoms with Crippen LogP contribution >= 0.6 is 0 Å². The lowest BCUT2D eigenvalue weighted by atomic mass is 10.1. The summed E-state index contributed by atoms with van der Waals surface area (Å²) in [6.45, 7) is 4.82. The molecular weight excluding hydrogens is 208 g/mol. The fourth-order valence-electron chi connectivity index (χ4n) is 1.80. The van der Waals surface area contributed by atoms with Crippen molar-refractivity contribution in [3.05, 3.63) is 0 Å². The first kappa shape index (κ1) is 13.0. The number of hydrogen-bond acceptors (Lipinski definition) is 4. The normalized spacial score (nSPS) is 22.4. The van der Waals surface area contributed by atoms with Crippen molar-refractivity contribution < 1.29 is 14.3 Å². The van der Waals surface area contributed by atoms with E-state index in [0.717, 1.165) is 19.4 Å². The Bertz CT molecular complexity index is 256. The van der Waals surface area contributed by atoms with Gasteiger partial charge in [0.2, 0.25) is 5.91 Å². The molecule has 1 rings (SSSR count). The third-order valence-electron chi connectivity index (χ3n) is 2.55. The van der Waals surface area contributed by atoms with Crippen molar-refractivity contribution in [2.45, 2.75) is 45.2 Å². The number of carbonyl (C=O) groups is 2. The van der Waals surface area contributed by atoms with Crippen LogP contribution in [0.4, 0.5) is 0 Å². The molecular formula is C11H20N2O3. The number of nitrogens with one attached hydrogen (secondary N) is 2. The summed E-state index contributed by atoms with van der Waals surface area (Å²) in [6, 6.07) is -0.203. The van der Waals surface area contributed by atoms with Gasteiger partial charge in [-0.25, -0.2) is 0 Å². The second-order valence-electron chi connectivity index (χ2n) is 4.06. The molecule has 5 nitrogen and oxygen atoms in total. The van der Waals surface area contributed by atoms with E-state index in [-0.39, 0.29) is 24.0 Å². The van der Waals surface area contributed by atoms with Crippen molar-refractivity contribution in [3.63, 3.8) is 0 Å². The quantitative estimate of drug-likeness (QED) is 0.659. The lowest BCUT2D eigenvalue weighted by Crippen LogP contribution is -2.51. The van der Waals surface area contributed by atoms with E-state index in [1.54, 1.807) is 6.92 Å². The lowest BCUT2D eigenvalue weighted by molar-refractivity contribution is -0.143. The maximum Gasteiger partial charge on any atom is 0.307 e. The summed E-state index contributed by atoms with van der Waals surface area (Å²) in [6.07, 6.45) is 2.12. The summed E-state index contributed by atoms with van der Waals surface area (Å²) in [7, 11) is 0. The first-order valence-corrected chi connectivity index (χ1v) is 5.83. The summed E-state index contributed by atoms with van der Waals surface area (Å²) >= 11 is 0. The minimum Gasteiger partial charge on any atom is -0.466 e. The molecule has 1 heterocycles. The van der Waals surface area contributed by atoms with E-state index < -0.39 is 0 Å². The fourth-order valence-corrected chi connectivity index (χ4v) is 1.80. The van der Waals surface area contributed by atoms with Crippen molar-refractivity contribution in [1.29, 1.82) is 0 Å². The van der Waals surface area contributed by atoms with Gasteiger partial charge in [0.05, 0.1) is 19.1 Å². The summed E-state index contributed by atoms with van der Waals surface area (Å²) in [5, 5.41) is 5.94. The fraction of sp³-hybridized carbons (Fsp3) is 0.818. The Morgan fingerprint density at radius 3 is 3.06 bits per heavy atom. The number of rotatable bonds is 5. The van der Waals surface area contributed by atoms with Crippen LogP contribution in [-0.2, 0) is 14.3 Å². The molecule has 2 unspecified atom stereocenters. The third-order valence-corrected chi connectivity index (χ3v) is 2.55. The van der Waals surface area contributed by atoms with Gasteiger partial charge in [0.25, 0.3) is 0 Å². The highest BCUT2D eigenvalue weighted by Gasteiger charge is 2.23. The molecule has 2 N–H and O–H groups in total. The molecule has 0 radical (unpaired) electrons. The first-order valence-electron chi connectivity index (χ1n) is 5.83. The van der Waals surface area contributed by atoms with Crippen LogP contribution in [0.3, 0.4) is 0 Å². The largest absolute Gasteiger partial charge is 0.466 e. The smallest absolute Gasteiger partial charge is 0.307 e. The maximum absolute atomic E-state index is 11.5. The summed E-state index contributed by atoms with van der Waals surface area (Å²) in [4.78, 5) is 22.7. The zero-order chi connectivity index (χ0) is 12.0. The molecule has 0 aliphatic carbocycles. The number of amides is 1. The summed E-state index contributed by atoms with van der Waals surface area (Å²) in [5.74, 6) is -0.194. The van der Waals surface area contributed by atoms with Gasteiger partial charge in [0.1, 0.15) is 0 Å². The Labute approximate surface area is 95.9 Å². The van der Waals surface area contributed by atoms with Gasteiger partial charge in [-0.2, -0.15) is 0 Å². The second kappa shape index (κ2) is 6.48. The van der Waals surface area contributed by atoms with Crippen LogP contribution in [0.25, 0.3) is 0 Å². The Hall–Kier alpha value is -1.10. The van der Waals surface area contributed by atoms with Gasteiger partial charge in [-0.1, -0.05) is 0 Å². The molecule has 0 aromatic carbocycles. The van der Waals surface area contributed by atoms with Gasteiger partial charge in [-0.15, -0.1) is 0 Å². The second-order valence-corrected chi connectivity index (χ2v) is 4.06. The lowest BCUT2D eigenvalue weighted by Gasteiger charge is -2.25. The van der Waals surface area contributed by atoms with Crippen LogP contribution in [0.5, 0.6) is 0 Å². The van der Waals surface area contributed by atoms with E-state index >= 15 is 0 Å². The van der Waals surface area contributed by atoms with E-state index in [2.05, 4.69) is 10.6 Å². The van der Waals surface area contributed by atoms with E-state index in [4.69, 9.17) is 4.74 Å². The van der Waals surface area contributed by atoms with Crippen LogP contribution in [0.1, 0.15) is 33.1 Å². The molecule has 1 aliphatic heterocycles. The third kappa shape index (κ3) is 4.18. The Kier molecular flexibility index (Phi) is 5.25. The SMILES string of the molecule is CCOC(=O)CC(C)NC1CCCNC1=O. The molecule has 0 bridgehead atoms. The predicted molar refractivity (Wildman–Crippen MR) is 59.9 cm³/mol. The van der Waals surface area contributed by atoms with Crippen molar-refractivity contribution in [2.24, 2.45) is 0 Å². The van der Waals surface area contributed by atoms with E-state index in [1.807, 2.05) is 6.92 Å². The molecule has 0 saturated carbocycles. The van der Waals surface area contributed by atoms with E-state index in [9.17, 15) is 9.59 Å². The summed E-state index contributed by atoms with van der Waals surface area (Å²) in [5.41, 5.74) is 0. The zero-order valence-electron chi connectivity index (χ0n) is 9.91. The number of carbonyl (C=O) groups excluding carboxylic acids is 2. The van der Waals surface area contributed by atoms with E-state index in [0.29, 0.717) is 13.0 Å². The average molecular weight is 228 g/mol. The number of ether oxygens (including phenoxy) is 1. The Balaban J connectivity index is 2.29. The number of esters is 1. The topological polar surface area (TPSA) is 67.4 Å².